The van der Waals surface area contributed by atoms with Gasteiger partial charge in [0.1, 0.15) is 0 Å². The van der Waals surface area contributed by atoms with Crippen molar-refractivity contribution in [3.8, 4) is 0 Å². The maximum absolute atomic E-state index is 4.13. The van der Waals surface area contributed by atoms with Crippen molar-refractivity contribution in [1.82, 2.24) is 14.9 Å². The average molecular weight is 273 g/mol. The van der Waals surface area contributed by atoms with Crippen LogP contribution in [0.5, 0.6) is 0 Å². The topological polar surface area (TPSA) is 41.0 Å². The van der Waals surface area contributed by atoms with Gasteiger partial charge in [-0.05, 0) is 36.8 Å². The fourth-order valence-electron chi connectivity index (χ4n) is 1.01. The van der Waals surface area contributed by atoms with Crippen LogP contribution in [-0.4, -0.2) is 41.0 Å². The van der Waals surface area contributed by atoms with Crippen molar-refractivity contribution in [1.29, 1.82) is 0 Å². The summed E-state index contributed by atoms with van der Waals surface area (Å²) in [6.45, 7) is 6.19. The average Bonchev–Trinajstić information content (AvgIpc) is 2.20. The molecule has 0 atom stereocenters. The normalized spacial score (nSPS) is 11.1. The van der Waals surface area contributed by atoms with E-state index in [2.05, 4.69) is 57.0 Å². The molecule has 1 aromatic heterocycles. The molecule has 0 unspecified atom stereocenters. The number of anilines is 1. The standard InChI is InChI=1S/C10H17BrN4/c1-8(2)15(3)5-4-12-10-13-6-9(11)7-14-10/h6-8H,4-5H2,1-3H3,(H,12,13,14). The van der Waals surface area contributed by atoms with Gasteiger partial charge in [0, 0.05) is 31.5 Å². The maximum atomic E-state index is 4.13. The lowest BCUT2D eigenvalue weighted by atomic mass is 10.3. The van der Waals surface area contributed by atoms with Crippen molar-refractivity contribution in [2.24, 2.45) is 0 Å². The summed E-state index contributed by atoms with van der Waals surface area (Å²) in [5, 5.41) is 3.17. The zero-order valence-corrected chi connectivity index (χ0v) is 11.0. The Labute approximate surface area is 99.2 Å². The van der Waals surface area contributed by atoms with E-state index in [1.165, 1.54) is 0 Å². The molecule has 0 aromatic carbocycles. The monoisotopic (exact) mass is 272 g/mol. The third-order valence-electron chi connectivity index (χ3n) is 2.25. The maximum Gasteiger partial charge on any atom is 0.222 e. The van der Waals surface area contributed by atoms with Crippen LogP contribution in [0.1, 0.15) is 13.8 Å². The number of rotatable bonds is 5. The molecule has 84 valence electrons. The number of aromatic nitrogens is 2. The molecule has 0 spiro atoms. The number of nitrogens with zero attached hydrogens (tertiary/aromatic N) is 3. The Morgan fingerprint density at radius 3 is 2.53 bits per heavy atom. The predicted octanol–water partition coefficient (Wildman–Crippen LogP) is 1.99. The van der Waals surface area contributed by atoms with E-state index in [0.717, 1.165) is 17.6 Å². The second-order valence-corrected chi connectivity index (χ2v) is 4.64. The van der Waals surface area contributed by atoms with Crippen molar-refractivity contribution >= 4 is 21.9 Å². The molecule has 1 N–H and O–H groups in total. The Morgan fingerprint density at radius 2 is 2.00 bits per heavy atom. The number of hydrogen-bond donors (Lipinski definition) is 1. The van der Waals surface area contributed by atoms with Gasteiger partial charge in [0.25, 0.3) is 0 Å². The third-order valence-corrected chi connectivity index (χ3v) is 2.66. The van der Waals surface area contributed by atoms with E-state index in [1.807, 2.05) is 0 Å². The summed E-state index contributed by atoms with van der Waals surface area (Å²) < 4.78 is 0.896. The summed E-state index contributed by atoms with van der Waals surface area (Å²) in [5.74, 6) is 0.676. The van der Waals surface area contributed by atoms with Gasteiger partial charge in [-0.1, -0.05) is 0 Å². The molecule has 5 heteroatoms. The molecule has 1 rings (SSSR count). The molecule has 0 aliphatic carbocycles. The van der Waals surface area contributed by atoms with Crippen LogP contribution in [0.15, 0.2) is 16.9 Å². The molecule has 4 nitrogen and oxygen atoms in total. The first-order valence-corrected chi connectivity index (χ1v) is 5.80. The van der Waals surface area contributed by atoms with Crippen LogP contribution in [0.3, 0.4) is 0 Å². The van der Waals surface area contributed by atoms with Gasteiger partial charge in [-0.2, -0.15) is 0 Å². The number of hydrogen-bond acceptors (Lipinski definition) is 4. The minimum atomic E-state index is 0.567. The zero-order valence-electron chi connectivity index (χ0n) is 9.37. The van der Waals surface area contributed by atoms with Gasteiger partial charge in [-0.25, -0.2) is 9.97 Å². The molecule has 0 amide bonds. The Morgan fingerprint density at radius 1 is 1.40 bits per heavy atom. The van der Waals surface area contributed by atoms with Crippen LogP contribution in [0, 0.1) is 0 Å². The van der Waals surface area contributed by atoms with E-state index in [0.29, 0.717) is 12.0 Å². The summed E-state index contributed by atoms with van der Waals surface area (Å²) in [4.78, 5) is 10.5. The molecular formula is C10H17BrN4. The van der Waals surface area contributed by atoms with Gasteiger partial charge < -0.3 is 10.2 Å². The largest absolute Gasteiger partial charge is 0.353 e. The Kier molecular flexibility index (Phi) is 4.98. The Balaban J connectivity index is 2.29. The molecule has 0 aliphatic heterocycles. The lowest BCUT2D eigenvalue weighted by Crippen LogP contribution is -2.31. The van der Waals surface area contributed by atoms with Crippen molar-refractivity contribution in [3.63, 3.8) is 0 Å². The lowest BCUT2D eigenvalue weighted by Gasteiger charge is -2.20. The van der Waals surface area contributed by atoms with E-state index in [9.17, 15) is 0 Å². The molecule has 0 saturated carbocycles. The van der Waals surface area contributed by atoms with Crippen LogP contribution in [0.2, 0.25) is 0 Å². The fraction of sp³-hybridized carbons (Fsp3) is 0.600. The van der Waals surface area contributed by atoms with E-state index in [-0.39, 0.29) is 0 Å². The summed E-state index contributed by atoms with van der Waals surface area (Å²) in [5.41, 5.74) is 0. The van der Waals surface area contributed by atoms with Gasteiger partial charge in [0.15, 0.2) is 0 Å². The van der Waals surface area contributed by atoms with Gasteiger partial charge in [0.2, 0.25) is 5.95 Å². The highest BCUT2D eigenvalue weighted by atomic mass is 79.9. The van der Waals surface area contributed by atoms with E-state index >= 15 is 0 Å². The van der Waals surface area contributed by atoms with Gasteiger partial charge >= 0.3 is 0 Å². The highest BCUT2D eigenvalue weighted by molar-refractivity contribution is 9.10. The first kappa shape index (κ1) is 12.4. The highest BCUT2D eigenvalue weighted by Gasteiger charge is 2.02. The Hall–Kier alpha value is -0.680. The molecular weight excluding hydrogens is 256 g/mol. The van der Waals surface area contributed by atoms with Gasteiger partial charge in [-0.3, -0.25) is 0 Å². The third kappa shape index (κ3) is 4.57. The van der Waals surface area contributed by atoms with Crippen LogP contribution in [-0.2, 0) is 0 Å². The predicted molar refractivity (Wildman–Crippen MR) is 66.0 cm³/mol. The smallest absolute Gasteiger partial charge is 0.222 e. The highest BCUT2D eigenvalue weighted by Crippen LogP contribution is 2.06. The van der Waals surface area contributed by atoms with Crippen LogP contribution in [0.4, 0.5) is 5.95 Å². The first-order chi connectivity index (χ1) is 7.09. The van der Waals surface area contributed by atoms with Gasteiger partial charge in [-0.15, -0.1) is 0 Å². The van der Waals surface area contributed by atoms with Crippen LogP contribution >= 0.6 is 15.9 Å². The Bertz CT molecular complexity index is 286. The fourth-order valence-corrected chi connectivity index (χ4v) is 1.21. The van der Waals surface area contributed by atoms with Crippen LogP contribution in [0.25, 0.3) is 0 Å². The molecule has 15 heavy (non-hydrogen) atoms. The molecule has 0 bridgehead atoms. The summed E-state index contributed by atoms with van der Waals surface area (Å²) in [6.07, 6.45) is 3.48. The minimum absolute atomic E-state index is 0.567. The molecule has 1 aromatic rings. The molecule has 1 heterocycles. The quantitative estimate of drug-likeness (QED) is 0.890. The molecule has 0 fully saturated rings. The lowest BCUT2D eigenvalue weighted by molar-refractivity contribution is 0.284. The van der Waals surface area contributed by atoms with Crippen molar-refractivity contribution in [3.05, 3.63) is 16.9 Å². The van der Waals surface area contributed by atoms with E-state index in [1.54, 1.807) is 12.4 Å². The van der Waals surface area contributed by atoms with E-state index < -0.39 is 0 Å². The molecule has 0 saturated heterocycles. The summed E-state index contributed by atoms with van der Waals surface area (Å²) in [6, 6.07) is 0.567. The van der Waals surface area contributed by atoms with Crippen molar-refractivity contribution < 1.29 is 0 Å². The second kappa shape index (κ2) is 6.02. The summed E-state index contributed by atoms with van der Waals surface area (Å²) >= 11 is 3.29. The minimum Gasteiger partial charge on any atom is -0.353 e. The first-order valence-electron chi connectivity index (χ1n) is 5.01. The van der Waals surface area contributed by atoms with E-state index in [4.69, 9.17) is 0 Å². The number of likely N-dealkylation sites (N-methyl/N-ethyl adjacent to an activating group) is 1. The summed E-state index contributed by atoms with van der Waals surface area (Å²) in [7, 11) is 2.11. The second-order valence-electron chi connectivity index (χ2n) is 3.73. The van der Waals surface area contributed by atoms with Crippen molar-refractivity contribution in [2.45, 2.75) is 19.9 Å². The molecule has 0 aliphatic rings. The van der Waals surface area contributed by atoms with Crippen molar-refractivity contribution in [2.75, 3.05) is 25.5 Å². The number of nitrogens with one attached hydrogen (secondary N) is 1. The SMILES string of the molecule is CC(C)N(C)CCNc1ncc(Br)cn1. The van der Waals surface area contributed by atoms with Crippen LogP contribution < -0.4 is 5.32 Å². The van der Waals surface area contributed by atoms with Gasteiger partial charge in [0.05, 0.1) is 4.47 Å². The zero-order chi connectivity index (χ0) is 11.3. The number of halogens is 1. The molecule has 0 radical (unpaired) electrons.